The number of furan rings is 1. The molecule has 1 aliphatic heterocycles. The molecule has 0 spiro atoms. The Balaban J connectivity index is 1.25. The highest BCUT2D eigenvalue weighted by Gasteiger charge is 2.32. The molecule has 146 valence electrons. The summed E-state index contributed by atoms with van der Waals surface area (Å²) >= 11 is 0. The molecule has 0 atom stereocenters. The lowest BCUT2D eigenvalue weighted by Crippen LogP contribution is -2.31. The van der Waals surface area contributed by atoms with Crippen LogP contribution in [0.1, 0.15) is 19.4 Å². The predicted molar refractivity (Wildman–Crippen MR) is 103 cm³/mol. The smallest absolute Gasteiger partial charge is 0.258 e. The van der Waals surface area contributed by atoms with Crippen molar-refractivity contribution in [1.29, 1.82) is 0 Å². The highest BCUT2D eigenvalue weighted by atomic mass is 16.5. The average Bonchev–Trinajstić information content (AvgIpc) is 3.38. The average molecular weight is 381 g/mol. The molecule has 4 rings (SSSR count). The summed E-state index contributed by atoms with van der Waals surface area (Å²) in [7, 11) is 0. The maximum Gasteiger partial charge on any atom is 0.258 e. The number of fused-ring (bicyclic) bond motifs is 1. The van der Waals surface area contributed by atoms with Crippen LogP contribution in [0.3, 0.4) is 0 Å². The second kappa shape index (κ2) is 7.42. The minimum absolute atomic E-state index is 0.0559. The van der Waals surface area contributed by atoms with Crippen molar-refractivity contribution >= 4 is 5.91 Å². The molecule has 0 bridgehead atoms. The summed E-state index contributed by atoms with van der Waals surface area (Å²) in [6.45, 7) is 5.06. The van der Waals surface area contributed by atoms with Crippen molar-refractivity contribution in [2.24, 2.45) is 0 Å². The number of hydrogen-bond acceptors (Lipinski definition) is 5. The van der Waals surface area contributed by atoms with E-state index < -0.39 is 0 Å². The van der Waals surface area contributed by atoms with E-state index in [4.69, 9.17) is 13.9 Å². The number of carbonyl (C=O) groups excluding carboxylic acids is 1. The topological polar surface area (TPSA) is 78.5 Å². The Morgan fingerprint density at radius 1 is 1.32 bits per heavy atom. The number of aromatic nitrogens is 2. The minimum atomic E-state index is -0.247. The lowest BCUT2D eigenvalue weighted by Gasteiger charge is -2.18. The molecule has 28 heavy (non-hydrogen) atoms. The highest BCUT2D eigenvalue weighted by Crippen LogP contribution is 2.41. The standard InChI is InChI=1S/C21H23N3O4/c1-21(2)10-15-4-3-5-18(20(15)28-21)27-14-19(25)22-7-8-24-12-17(11-23-24)16-6-9-26-13-16/h3-6,9,11-13H,7-8,10,14H2,1-2H3,(H,22,25). The molecule has 2 aromatic heterocycles. The first-order valence-electron chi connectivity index (χ1n) is 9.26. The van der Waals surface area contributed by atoms with Gasteiger partial charge in [0.05, 0.1) is 25.3 Å². The largest absolute Gasteiger partial charge is 0.483 e. The van der Waals surface area contributed by atoms with Crippen molar-refractivity contribution in [3.8, 4) is 22.6 Å². The van der Waals surface area contributed by atoms with Crippen molar-refractivity contribution in [2.75, 3.05) is 13.2 Å². The molecule has 3 heterocycles. The first kappa shape index (κ1) is 18.2. The highest BCUT2D eigenvalue weighted by molar-refractivity contribution is 5.77. The Kier molecular flexibility index (Phi) is 4.81. The molecular weight excluding hydrogens is 358 g/mol. The van der Waals surface area contributed by atoms with Gasteiger partial charge < -0.3 is 19.2 Å². The van der Waals surface area contributed by atoms with Crippen molar-refractivity contribution in [3.05, 3.63) is 54.7 Å². The third kappa shape index (κ3) is 4.03. The number of hydrogen-bond donors (Lipinski definition) is 1. The Bertz CT molecular complexity index is 960. The Labute approximate surface area is 163 Å². The fourth-order valence-corrected chi connectivity index (χ4v) is 3.27. The van der Waals surface area contributed by atoms with E-state index >= 15 is 0 Å². The maximum absolute atomic E-state index is 12.1. The summed E-state index contributed by atoms with van der Waals surface area (Å²) < 4.78 is 18.5. The lowest BCUT2D eigenvalue weighted by atomic mass is 10.0. The van der Waals surface area contributed by atoms with Crippen LogP contribution in [-0.4, -0.2) is 34.4 Å². The van der Waals surface area contributed by atoms with Gasteiger partial charge in [0.1, 0.15) is 5.60 Å². The van der Waals surface area contributed by atoms with Gasteiger partial charge in [-0.3, -0.25) is 9.48 Å². The molecule has 1 N–H and O–H groups in total. The van der Waals surface area contributed by atoms with Crippen LogP contribution in [0.25, 0.3) is 11.1 Å². The first-order valence-corrected chi connectivity index (χ1v) is 9.26. The van der Waals surface area contributed by atoms with E-state index in [9.17, 15) is 4.79 Å². The van der Waals surface area contributed by atoms with E-state index in [1.54, 1.807) is 23.4 Å². The molecule has 7 nitrogen and oxygen atoms in total. The molecule has 7 heteroatoms. The van der Waals surface area contributed by atoms with E-state index in [1.807, 2.05) is 44.3 Å². The molecule has 0 unspecified atom stereocenters. The predicted octanol–water partition coefficient (Wildman–Crippen LogP) is 3.05. The molecule has 1 aromatic carbocycles. The lowest BCUT2D eigenvalue weighted by molar-refractivity contribution is -0.123. The van der Waals surface area contributed by atoms with E-state index in [-0.39, 0.29) is 18.1 Å². The van der Waals surface area contributed by atoms with Gasteiger partial charge in [-0.25, -0.2) is 0 Å². The Morgan fingerprint density at radius 2 is 2.21 bits per heavy atom. The number of nitrogens with zero attached hydrogens (tertiary/aromatic N) is 2. The molecule has 3 aromatic rings. The summed E-state index contributed by atoms with van der Waals surface area (Å²) in [6, 6.07) is 7.66. The van der Waals surface area contributed by atoms with Gasteiger partial charge in [-0.2, -0.15) is 5.10 Å². The van der Waals surface area contributed by atoms with Crippen molar-refractivity contribution in [3.63, 3.8) is 0 Å². The van der Waals surface area contributed by atoms with E-state index in [1.165, 1.54) is 0 Å². The summed E-state index contributed by atoms with van der Waals surface area (Å²) in [6.07, 6.45) is 7.82. The van der Waals surface area contributed by atoms with E-state index in [2.05, 4.69) is 10.4 Å². The van der Waals surface area contributed by atoms with Gasteiger partial charge in [-0.1, -0.05) is 12.1 Å². The van der Waals surface area contributed by atoms with Crippen molar-refractivity contribution < 1.29 is 18.7 Å². The zero-order valence-electron chi connectivity index (χ0n) is 16.0. The van der Waals surface area contributed by atoms with Gasteiger partial charge >= 0.3 is 0 Å². The molecule has 0 saturated heterocycles. The SMILES string of the molecule is CC1(C)Cc2cccc(OCC(=O)NCCn3cc(-c4ccoc4)cn3)c2O1. The summed E-state index contributed by atoms with van der Waals surface area (Å²) in [5.74, 6) is 1.16. The zero-order chi connectivity index (χ0) is 19.6. The van der Waals surface area contributed by atoms with E-state index in [0.29, 0.717) is 18.8 Å². The van der Waals surface area contributed by atoms with Gasteiger partial charge in [0.15, 0.2) is 18.1 Å². The van der Waals surface area contributed by atoms with Crippen molar-refractivity contribution in [1.82, 2.24) is 15.1 Å². The van der Waals surface area contributed by atoms with Crippen LogP contribution in [0.15, 0.2) is 53.6 Å². The number of carbonyl (C=O) groups is 1. The van der Waals surface area contributed by atoms with Crippen LogP contribution in [0.2, 0.25) is 0 Å². The molecule has 1 amide bonds. The number of rotatable bonds is 7. The third-order valence-corrected chi connectivity index (χ3v) is 4.56. The number of nitrogens with one attached hydrogen (secondary N) is 1. The molecule has 0 aliphatic carbocycles. The maximum atomic E-state index is 12.1. The van der Waals surface area contributed by atoms with Crippen LogP contribution in [0.5, 0.6) is 11.5 Å². The summed E-state index contributed by atoms with van der Waals surface area (Å²) in [5.41, 5.74) is 2.81. The monoisotopic (exact) mass is 381 g/mol. The van der Waals surface area contributed by atoms with E-state index in [0.717, 1.165) is 28.9 Å². The fourth-order valence-electron chi connectivity index (χ4n) is 3.27. The Morgan fingerprint density at radius 3 is 3.04 bits per heavy atom. The summed E-state index contributed by atoms with van der Waals surface area (Å²) in [5, 5.41) is 7.14. The molecule has 0 saturated carbocycles. The minimum Gasteiger partial charge on any atom is -0.483 e. The molecule has 0 radical (unpaired) electrons. The van der Waals surface area contributed by atoms with Gasteiger partial charge in [0.25, 0.3) is 5.91 Å². The van der Waals surface area contributed by atoms with Gasteiger partial charge in [-0.15, -0.1) is 0 Å². The molecule has 1 aliphatic rings. The quantitative estimate of drug-likeness (QED) is 0.681. The summed E-state index contributed by atoms with van der Waals surface area (Å²) in [4.78, 5) is 12.1. The van der Waals surface area contributed by atoms with Crippen LogP contribution in [0.4, 0.5) is 0 Å². The number of amides is 1. The van der Waals surface area contributed by atoms with Crippen LogP contribution in [0, 0.1) is 0 Å². The normalized spacial score (nSPS) is 14.4. The van der Waals surface area contributed by atoms with Crippen LogP contribution >= 0.6 is 0 Å². The number of benzene rings is 1. The fraction of sp³-hybridized carbons (Fsp3) is 0.333. The first-order chi connectivity index (χ1) is 13.5. The second-order valence-electron chi connectivity index (χ2n) is 7.43. The van der Waals surface area contributed by atoms with Crippen LogP contribution in [-0.2, 0) is 17.8 Å². The van der Waals surface area contributed by atoms with Crippen molar-refractivity contribution in [2.45, 2.75) is 32.4 Å². The number of ether oxygens (including phenoxy) is 2. The van der Waals surface area contributed by atoms with Gasteiger partial charge in [0, 0.05) is 35.9 Å². The molecular formula is C21H23N3O4. The Hall–Kier alpha value is -3.22. The number of para-hydroxylation sites is 1. The third-order valence-electron chi connectivity index (χ3n) is 4.56. The van der Waals surface area contributed by atoms with Gasteiger partial charge in [-0.05, 0) is 26.0 Å². The zero-order valence-corrected chi connectivity index (χ0v) is 16.0. The van der Waals surface area contributed by atoms with Crippen LogP contribution < -0.4 is 14.8 Å². The molecule has 0 fully saturated rings. The van der Waals surface area contributed by atoms with Gasteiger partial charge in [0.2, 0.25) is 0 Å². The second-order valence-corrected chi connectivity index (χ2v) is 7.43.